The predicted molar refractivity (Wildman–Crippen MR) is 41.7 cm³/mol. The highest BCUT2D eigenvalue weighted by Crippen LogP contribution is 1.79. The summed E-state index contributed by atoms with van der Waals surface area (Å²) in [5.74, 6) is -0.341. The minimum absolute atomic E-state index is 0.154. The summed E-state index contributed by atoms with van der Waals surface area (Å²) in [4.78, 5) is 22.5. The van der Waals surface area contributed by atoms with Crippen LogP contribution in [0.1, 0.15) is 6.92 Å². The SMILES string of the molecule is CC(=O)N/C=C\C(=O)N(C)C. The number of hydrogen-bond donors (Lipinski definition) is 1. The van der Waals surface area contributed by atoms with Crippen LogP contribution in [0.2, 0.25) is 0 Å². The van der Waals surface area contributed by atoms with Crippen molar-refractivity contribution in [1.29, 1.82) is 0 Å². The molecule has 4 heteroatoms. The van der Waals surface area contributed by atoms with Crippen molar-refractivity contribution in [3.63, 3.8) is 0 Å². The monoisotopic (exact) mass is 156 g/mol. The molecular formula is C7H12N2O2. The van der Waals surface area contributed by atoms with Crippen LogP contribution >= 0.6 is 0 Å². The van der Waals surface area contributed by atoms with Crippen LogP contribution in [0.15, 0.2) is 12.3 Å². The number of nitrogens with zero attached hydrogens (tertiary/aromatic N) is 1. The lowest BCUT2D eigenvalue weighted by atomic mass is 10.5. The Labute approximate surface area is 65.9 Å². The molecule has 0 aliphatic carbocycles. The van der Waals surface area contributed by atoms with Crippen molar-refractivity contribution in [2.45, 2.75) is 6.92 Å². The zero-order valence-electron chi connectivity index (χ0n) is 6.92. The number of hydrogen-bond acceptors (Lipinski definition) is 2. The summed E-state index contributed by atoms with van der Waals surface area (Å²) < 4.78 is 0. The lowest BCUT2D eigenvalue weighted by Gasteiger charge is -2.04. The van der Waals surface area contributed by atoms with Gasteiger partial charge in [0.15, 0.2) is 0 Å². The molecular weight excluding hydrogens is 144 g/mol. The molecule has 0 aromatic rings. The molecule has 0 heterocycles. The van der Waals surface area contributed by atoms with E-state index in [-0.39, 0.29) is 11.8 Å². The largest absolute Gasteiger partial charge is 0.345 e. The van der Waals surface area contributed by atoms with Crippen LogP contribution in [0.25, 0.3) is 0 Å². The van der Waals surface area contributed by atoms with Gasteiger partial charge in [-0.25, -0.2) is 0 Å². The van der Waals surface area contributed by atoms with E-state index in [0.29, 0.717) is 0 Å². The average molecular weight is 156 g/mol. The quantitative estimate of drug-likeness (QED) is 0.559. The third kappa shape index (κ3) is 5.14. The maximum absolute atomic E-state index is 10.8. The highest BCUT2D eigenvalue weighted by molar-refractivity contribution is 5.87. The molecule has 0 bridgehead atoms. The van der Waals surface area contributed by atoms with Crippen LogP contribution < -0.4 is 5.32 Å². The molecule has 0 atom stereocenters. The molecule has 4 nitrogen and oxygen atoms in total. The number of likely N-dealkylation sites (N-methyl/N-ethyl adjacent to an activating group) is 1. The lowest BCUT2D eigenvalue weighted by Crippen LogP contribution is -2.20. The van der Waals surface area contributed by atoms with Crippen LogP contribution in [0, 0.1) is 0 Å². The van der Waals surface area contributed by atoms with Gasteiger partial charge in [0.1, 0.15) is 0 Å². The zero-order valence-corrected chi connectivity index (χ0v) is 6.92. The number of rotatable bonds is 2. The van der Waals surface area contributed by atoms with Gasteiger partial charge >= 0.3 is 0 Å². The zero-order chi connectivity index (χ0) is 8.85. The van der Waals surface area contributed by atoms with Crippen molar-refractivity contribution in [3.05, 3.63) is 12.3 Å². The maximum Gasteiger partial charge on any atom is 0.247 e. The Balaban J connectivity index is 3.75. The van der Waals surface area contributed by atoms with Gasteiger partial charge in [0, 0.05) is 33.3 Å². The van der Waals surface area contributed by atoms with Gasteiger partial charge in [-0.1, -0.05) is 0 Å². The van der Waals surface area contributed by atoms with E-state index in [2.05, 4.69) is 5.32 Å². The van der Waals surface area contributed by atoms with Gasteiger partial charge in [0.05, 0.1) is 0 Å². The van der Waals surface area contributed by atoms with E-state index in [1.165, 1.54) is 24.1 Å². The third-order valence-corrected chi connectivity index (χ3v) is 0.953. The summed E-state index contributed by atoms with van der Waals surface area (Å²) >= 11 is 0. The molecule has 0 aliphatic heterocycles. The van der Waals surface area contributed by atoms with E-state index in [1.54, 1.807) is 14.1 Å². The summed E-state index contributed by atoms with van der Waals surface area (Å²) in [6.45, 7) is 1.38. The van der Waals surface area contributed by atoms with Gasteiger partial charge < -0.3 is 10.2 Å². The molecule has 0 saturated heterocycles. The van der Waals surface area contributed by atoms with Crippen molar-refractivity contribution in [2.24, 2.45) is 0 Å². The van der Waals surface area contributed by atoms with Crippen molar-refractivity contribution >= 4 is 11.8 Å². The summed E-state index contributed by atoms with van der Waals surface area (Å²) in [5, 5.41) is 2.36. The minimum Gasteiger partial charge on any atom is -0.345 e. The van der Waals surface area contributed by atoms with E-state index >= 15 is 0 Å². The molecule has 0 fully saturated rings. The van der Waals surface area contributed by atoms with Crippen LogP contribution in [0.5, 0.6) is 0 Å². The Hall–Kier alpha value is -1.32. The Morgan fingerprint density at radius 3 is 2.27 bits per heavy atom. The van der Waals surface area contributed by atoms with Crippen LogP contribution in [-0.4, -0.2) is 30.8 Å². The first-order valence-electron chi connectivity index (χ1n) is 3.19. The number of carbonyl (C=O) groups is 2. The molecule has 0 spiro atoms. The molecule has 0 aromatic carbocycles. The van der Waals surface area contributed by atoms with Crippen molar-refractivity contribution < 1.29 is 9.59 Å². The highest BCUT2D eigenvalue weighted by atomic mass is 16.2. The van der Waals surface area contributed by atoms with E-state index in [1.807, 2.05) is 0 Å². The fourth-order valence-electron chi connectivity index (χ4n) is 0.379. The topological polar surface area (TPSA) is 49.4 Å². The summed E-state index contributed by atoms with van der Waals surface area (Å²) in [6, 6.07) is 0. The minimum atomic E-state index is -0.187. The van der Waals surface area contributed by atoms with Crippen LogP contribution in [0.3, 0.4) is 0 Å². The van der Waals surface area contributed by atoms with Crippen molar-refractivity contribution in [2.75, 3.05) is 14.1 Å². The first-order chi connectivity index (χ1) is 5.04. The molecule has 0 rings (SSSR count). The highest BCUT2D eigenvalue weighted by Gasteiger charge is 1.95. The first kappa shape index (κ1) is 9.68. The fraction of sp³-hybridized carbons (Fsp3) is 0.429. The molecule has 1 N–H and O–H groups in total. The smallest absolute Gasteiger partial charge is 0.247 e. The Kier molecular flexibility index (Phi) is 3.95. The van der Waals surface area contributed by atoms with E-state index in [4.69, 9.17) is 0 Å². The number of amides is 2. The lowest BCUT2D eigenvalue weighted by molar-refractivity contribution is -0.123. The van der Waals surface area contributed by atoms with Gasteiger partial charge in [-0.3, -0.25) is 9.59 Å². The van der Waals surface area contributed by atoms with Crippen molar-refractivity contribution in [1.82, 2.24) is 10.2 Å². The van der Waals surface area contributed by atoms with Gasteiger partial charge in [0.2, 0.25) is 11.8 Å². The summed E-state index contributed by atoms with van der Waals surface area (Å²) in [5.41, 5.74) is 0. The number of nitrogens with one attached hydrogen (secondary N) is 1. The molecule has 62 valence electrons. The van der Waals surface area contributed by atoms with Crippen molar-refractivity contribution in [3.8, 4) is 0 Å². The van der Waals surface area contributed by atoms with Gasteiger partial charge in [-0.05, 0) is 0 Å². The van der Waals surface area contributed by atoms with Gasteiger partial charge in [0.25, 0.3) is 0 Å². The Morgan fingerprint density at radius 2 is 1.91 bits per heavy atom. The number of carbonyl (C=O) groups excluding carboxylic acids is 2. The van der Waals surface area contributed by atoms with Crippen LogP contribution in [0.4, 0.5) is 0 Å². The summed E-state index contributed by atoms with van der Waals surface area (Å²) in [7, 11) is 3.28. The van der Waals surface area contributed by atoms with E-state index < -0.39 is 0 Å². The average Bonchev–Trinajstić information content (AvgIpc) is 1.86. The normalized spacial score (nSPS) is 9.73. The molecule has 0 unspecified atom stereocenters. The second kappa shape index (κ2) is 4.49. The van der Waals surface area contributed by atoms with Gasteiger partial charge in [-0.15, -0.1) is 0 Å². The third-order valence-electron chi connectivity index (χ3n) is 0.953. The Morgan fingerprint density at radius 1 is 1.36 bits per heavy atom. The summed E-state index contributed by atoms with van der Waals surface area (Å²) in [6.07, 6.45) is 2.62. The predicted octanol–water partition coefficient (Wildman–Crippen LogP) is -0.276. The van der Waals surface area contributed by atoms with E-state index in [9.17, 15) is 9.59 Å². The first-order valence-corrected chi connectivity index (χ1v) is 3.19. The second-order valence-electron chi connectivity index (χ2n) is 2.27. The fourth-order valence-corrected chi connectivity index (χ4v) is 0.379. The van der Waals surface area contributed by atoms with Crippen LogP contribution in [-0.2, 0) is 9.59 Å². The molecule has 0 saturated carbocycles. The molecule has 2 amide bonds. The molecule has 0 aliphatic rings. The second-order valence-corrected chi connectivity index (χ2v) is 2.27. The molecule has 11 heavy (non-hydrogen) atoms. The van der Waals surface area contributed by atoms with E-state index in [0.717, 1.165) is 0 Å². The Bertz CT molecular complexity index is 185. The molecule has 0 aromatic heterocycles. The maximum atomic E-state index is 10.8. The molecule has 0 radical (unpaired) electrons. The van der Waals surface area contributed by atoms with Gasteiger partial charge in [-0.2, -0.15) is 0 Å². The standard InChI is InChI=1S/C7H12N2O2/c1-6(10)8-5-4-7(11)9(2)3/h4-5H,1-3H3,(H,8,10)/b5-4-.